The molecule has 7 heteroatoms. The fourth-order valence-corrected chi connectivity index (χ4v) is 4.36. The monoisotopic (exact) mass is 424 g/mol. The largest absolute Gasteiger partial charge is 0.417 e. The van der Waals surface area contributed by atoms with E-state index in [-0.39, 0.29) is 12.2 Å². The molecule has 0 spiro atoms. The molecular weight excluding hydrogens is 409 g/mol. The van der Waals surface area contributed by atoms with E-state index >= 15 is 0 Å². The van der Waals surface area contributed by atoms with Gasteiger partial charge in [0.05, 0.1) is 17.8 Å². The molecule has 0 unspecified atom stereocenters. The number of thiophene rings is 1. The Morgan fingerprint density at radius 1 is 1.10 bits per heavy atom. The molecular formula is C23H15F3N2OS. The van der Waals surface area contributed by atoms with E-state index in [1.54, 1.807) is 11.4 Å². The van der Waals surface area contributed by atoms with Crippen LogP contribution >= 0.6 is 11.3 Å². The van der Waals surface area contributed by atoms with E-state index in [0.717, 1.165) is 27.3 Å². The molecule has 0 aliphatic carbocycles. The molecule has 0 amide bonds. The zero-order chi connectivity index (χ0) is 21.5. The summed E-state index contributed by atoms with van der Waals surface area (Å²) in [6, 6.07) is 17.1. The predicted octanol–water partition coefficient (Wildman–Crippen LogP) is 5.98. The Balaban J connectivity index is 2.03. The van der Waals surface area contributed by atoms with E-state index in [0.29, 0.717) is 5.56 Å². The molecule has 3 nitrogen and oxygen atoms in total. The number of benzene rings is 2. The van der Waals surface area contributed by atoms with Gasteiger partial charge in [0, 0.05) is 21.0 Å². The van der Waals surface area contributed by atoms with Gasteiger partial charge < -0.3 is 4.57 Å². The lowest BCUT2D eigenvalue weighted by Crippen LogP contribution is -2.28. The van der Waals surface area contributed by atoms with Gasteiger partial charge in [-0.2, -0.15) is 18.4 Å². The second kappa shape index (κ2) is 7.47. The minimum atomic E-state index is -4.81. The summed E-state index contributed by atoms with van der Waals surface area (Å²) in [6.45, 7) is 1.98. The average Bonchev–Trinajstić information content (AvgIpc) is 3.14. The summed E-state index contributed by atoms with van der Waals surface area (Å²) in [7, 11) is 0. The number of alkyl halides is 3. The molecule has 2 aromatic heterocycles. The van der Waals surface area contributed by atoms with Gasteiger partial charge in [0.25, 0.3) is 5.56 Å². The maximum atomic E-state index is 13.7. The SMILES string of the molecule is Cc1ccc(Cn2c(-c3csc4ccccc34)cc(C(F)(F)F)c(C#N)c2=O)cc1. The highest BCUT2D eigenvalue weighted by Crippen LogP contribution is 2.37. The molecule has 2 aromatic carbocycles. The number of aromatic nitrogens is 1. The second-order valence-electron chi connectivity index (χ2n) is 6.95. The van der Waals surface area contributed by atoms with Gasteiger partial charge in [-0.15, -0.1) is 11.3 Å². The van der Waals surface area contributed by atoms with Crippen LogP contribution in [0.3, 0.4) is 0 Å². The van der Waals surface area contributed by atoms with E-state index in [9.17, 15) is 23.2 Å². The third-order valence-electron chi connectivity index (χ3n) is 4.94. The van der Waals surface area contributed by atoms with Gasteiger partial charge in [-0.25, -0.2) is 0 Å². The van der Waals surface area contributed by atoms with Crippen LogP contribution < -0.4 is 5.56 Å². The van der Waals surface area contributed by atoms with Crippen molar-refractivity contribution < 1.29 is 13.2 Å². The number of rotatable bonds is 3. The number of fused-ring (bicyclic) bond motifs is 1. The van der Waals surface area contributed by atoms with Crippen molar-refractivity contribution in [2.75, 3.05) is 0 Å². The third-order valence-corrected chi connectivity index (χ3v) is 5.90. The van der Waals surface area contributed by atoms with Gasteiger partial charge in [0.15, 0.2) is 0 Å². The van der Waals surface area contributed by atoms with Crippen LogP contribution in [0.15, 0.2) is 64.8 Å². The number of pyridine rings is 1. The highest BCUT2D eigenvalue weighted by atomic mass is 32.1. The molecule has 0 atom stereocenters. The normalized spacial score (nSPS) is 11.6. The minimum absolute atomic E-state index is 0.0609. The molecule has 0 aliphatic rings. The summed E-state index contributed by atoms with van der Waals surface area (Å²) in [5.74, 6) is 0. The van der Waals surface area contributed by atoms with Gasteiger partial charge in [-0.1, -0.05) is 48.0 Å². The molecule has 4 rings (SSSR count). The summed E-state index contributed by atoms with van der Waals surface area (Å²) in [6.07, 6.45) is -4.81. The van der Waals surface area contributed by atoms with Crippen molar-refractivity contribution in [3.8, 4) is 17.3 Å². The fraction of sp³-hybridized carbons (Fsp3) is 0.130. The van der Waals surface area contributed by atoms with Crippen LogP contribution in [0.5, 0.6) is 0 Å². The Morgan fingerprint density at radius 3 is 2.47 bits per heavy atom. The summed E-state index contributed by atoms with van der Waals surface area (Å²) >= 11 is 1.39. The average molecular weight is 424 g/mol. The maximum Gasteiger partial charge on any atom is 0.417 e. The molecule has 0 bridgehead atoms. The summed E-state index contributed by atoms with van der Waals surface area (Å²) in [5.41, 5.74) is -0.580. The summed E-state index contributed by atoms with van der Waals surface area (Å²) in [4.78, 5) is 13.0. The summed E-state index contributed by atoms with van der Waals surface area (Å²) in [5, 5.41) is 11.8. The van der Waals surface area contributed by atoms with E-state index in [1.807, 2.05) is 49.4 Å². The van der Waals surface area contributed by atoms with Crippen molar-refractivity contribution >= 4 is 21.4 Å². The quantitative estimate of drug-likeness (QED) is 0.406. The molecule has 0 N–H and O–H groups in total. The van der Waals surface area contributed by atoms with E-state index < -0.39 is 22.9 Å². The minimum Gasteiger partial charge on any atom is -0.303 e. The first-order chi connectivity index (χ1) is 14.3. The number of hydrogen-bond donors (Lipinski definition) is 0. The van der Waals surface area contributed by atoms with Crippen molar-refractivity contribution in [2.45, 2.75) is 19.6 Å². The lowest BCUT2D eigenvalue weighted by molar-refractivity contribution is -0.137. The lowest BCUT2D eigenvalue weighted by Gasteiger charge is -2.17. The van der Waals surface area contributed by atoms with Crippen LogP contribution in [0.25, 0.3) is 21.3 Å². The molecule has 0 radical (unpaired) electrons. The first kappa shape index (κ1) is 19.9. The Bertz CT molecular complexity index is 1340. The van der Waals surface area contributed by atoms with Crippen molar-refractivity contribution in [3.63, 3.8) is 0 Å². The Labute approximate surface area is 174 Å². The van der Waals surface area contributed by atoms with Gasteiger partial charge in [-0.3, -0.25) is 4.79 Å². The number of halogens is 3. The van der Waals surface area contributed by atoms with E-state index in [4.69, 9.17) is 0 Å². The van der Waals surface area contributed by atoms with E-state index in [2.05, 4.69) is 0 Å². The Morgan fingerprint density at radius 2 is 1.80 bits per heavy atom. The highest BCUT2D eigenvalue weighted by Gasteiger charge is 2.36. The topological polar surface area (TPSA) is 45.8 Å². The van der Waals surface area contributed by atoms with Crippen molar-refractivity contribution in [2.24, 2.45) is 0 Å². The number of nitrogens with zero attached hydrogens (tertiary/aromatic N) is 2. The third kappa shape index (κ3) is 3.51. The number of aryl methyl sites for hydroxylation is 1. The standard InChI is InChI=1S/C23H15F3N2OS/c1-14-6-8-15(9-7-14)12-28-20(18-13-30-21-5-3-2-4-16(18)21)10-19(23(24,25)26)17(11-27)22(28)29/h2-10,13H,12H2,1H3. The molecule has 30 heavy (non-hydrogen) atoms. The number of nitriles is 1. The Kier molecular flexibility index (Phi) is 4.96. The molecule has 150 valence electrons. The molecule has 0 aliphatic heterocycles. The highest BCUT2D eigenvalue weighted by molar-refractivity contribution is 7.17. The molecule has 2 heterocycles. The maximum absolute atomic E-state index is 13.7. The van der Waals surface area contributed by atoms with Crippen molar-refractivity contribution in [3.05, 3.63) is 92.6 Å². The van der Waals surface area contributed by atoms with Crippen LogP contribution in [0.2, 0.25) is 0 Å². The zero-order valence-electron chi connectivity index (χ0n) is 15.8. The van der Waals surface area contributed by atoms with Gasteiger partial charge in [-0.05, 0) is 24.6 Å². The Hall–Kier alpha value is -3.37. The van der Waals surface area contributed by atoms with Gasteiger partial charge in [0.1, 0.15) is 11.6 Å². The second-order valence-corrected chi connectivity index (χ2v) is 7.86. The van der Waals surface area contributed by atoms with Crippen LogP contribution in [0.4, 0.5) is 13.2 Å². The summed E-state index contributed by atoms with van der Waals surface area (Å²) < 4.78 is 43.1. The lowest BCUT2D eigenvalue weighted by atomic mass is 10.0. The zero-order valence-corrected chi connectivity index (χ0v) is 16.6. The van der Waals surface area contributed by atoms with Gasteiger partial charge in [0.2, 0.25) is 0 Å². The molecule has 0 fully saturated rings. The first-order valence-electron chi connectivity index (χ1n) is 9.07. The first-order valence-corrected chi connectivity index (χ1v) is 9.95. The smallest absolute Gasteiger partial charge is 0.303 e. The van der Waals surface area contributed by atoms with Crippen LogP contribution in [0, 0.1) is 18.3 Å². The number of hydrogen-bond acceptors (Lipinski definition) is 3. The molecule has 0 saturated carbocycles. The van der Waals surface area contributed by atoms with Crippen LogP contribution in [-0.2, 0) is 12.7 Å². The van der Waals surface area contributed by atoms with Gasteiger partial charge >= 0.3 is 6.18 Å². The van der Waals surface area contributed by atoms with Crippen LogP contribution in [-0.4, -0.2) is 4.57 Å². The fourth-order valence-electron chi connectivity index (χ4n) is 3.41. The predicted molar refractivity (Wildman–Crippen MR) is 112 cm³/mol. The van der Waals surface area contributed by atoms with Crippen LogP contribution in [0.1, 0.15) is 22.3 Å². The molecule has 0 saturated heterocycles. The van der Waals surface area contributed by atoms with E-state index in [1.165, 1.54) is 22.0 Å². The van der Waals surface area contributed by atoms with Crippen molar-refractivity contribution in [1.29, 1.82) is 5.26 Å². The molecule has 4 aromatic rings. The van der Waals surface area contributed by atoms with Crippen molar-refractivity contribution in [1.82, 2.24) is 4.57 Å².